The number of fused-ring (bicyclic) bond motifs is 3. The number of thioether (sulfide) groups is 3. The van der Waals surface area contributed by atoms with E-state index in [9.17, 15) is 38.3 Å². The van der Waals surface area contributed by atoms with Gasteiger partial charge in [-0.25, -0.2) is 65.4 Å². The Morgan fingerprint density at radius 3 is 1.09 bits per heavy atom. The Balaban J connectivity index is 0.000000357. The molecule has 0 radical (unpaired) electrons. The number of carbonyl (C=O) groups excluding carboxylic acids is 5. The maximum absolute atomic E-state index is 15.7. The Bertz CT molecular complexity index is 5950. The number of ether oxygens (including phenoxy) is 8. The van der Waals surface area contributed by atoms with Crippen molar-refractivity contribution in [2.24, 2.45) is 32.7 Å². The first-order valence-electron chi connectivity index (χ1n) is 44.4. The van der Waals surface area contributed by atoms with Gasteiger partial charge in [-0.15, -0.1) is 9.97 Å². The van der Waals surface area contributed by atoms with Crippen molar-refractivity contribution < 1.29 is 135 Å². The average Bonchev–Trinajstić information content (AvgIpc) is 1.54. The molecule has 2 N–H and O–H groups in total. The van der Waals surface area contributed by atoms with Gasteiger partial charge in [-0.2, -0.15) is 5.26 Å². The summed E-state index contributed by atoms with van der Waals surface area (Å²) in [6.07, 6.45) is 9.76. The fraction of sp³-hybridized carbons (Fsp3) is 0.505. The summed E-state index contributed by atoms with van der Waals surface area (Å²) in [5.74, 6) is -7.31. The van der Waals surface area contributed by atoms with Crippen LogP contribution in [0.1, 0.15) is 167 Å². The predicted octanol–water partition coefficient (Wildman–Crippen LogP) is 21.2. The molecule has 6 aromatic rings. The van der Waals surface area contributed by atoms with Gasteiger partial charge in [-0.3, -0.25) is 39.3 Å². The normalized spacial score (nSPS) is 21.8. The third kappa shape index (κ3) is 33.4. The second-order valence-electron chi connectivity index (χ2n) is 40.9. The number of hydrogen-bond donors (Lipinski definition) is 1. The zero-order chi connectivity index (χ0) is 106. The molecule has 9 atom stereocenters. The number of amides is 3. The van der Waals surface area contributed by atoms with Crippen LogP contribution < -0.4 is 18.9 Å². The van der Waals surface area contributed by atoms with Gasteiger partial charge < -0.3 is 58.2 Å². The molecule has 3 aromatic carbocycles. The number of aliphatic carboxylic acids is 1. The molecule has 0 saturated heterocycles. The number of aromatic nitrogens is 6. The minimum Gasteiger partial charge on any atom is -0.870 e. The van der Waals surface area contributed by atoms with E-state index < -0.39 is 161 Å². The standard InChI is InChI=1S/C32H39F2N5O5SSi.C31H37F2N5O5SSi.C28H40F2N2O5SSi.C5H2BrN3.CH4.Cu.HI.Li.H2O/c1-30(2,3)44-29(41)39(19-43-12-13-46(7,8)9)28-38-31(4,25-16-32(25,45-28)27(40)42-6)21-14-20(10-11-22(21)33)15-23(34)24-17-37-26(35-5)18-36-24;1-29(2,3)43-28(41)38(18-42-11-12-45(6,7)8)27-37-30(4,24-15-31(24,44-27)26(39)40)20-13-19(9-10-21(20)32)14-22(33)23-16-36-25(34-5)17-35-23;1-18(29)14-19-10-11-21(30)20(15-19)27(5)22-16-28(22,23(33)35-6)38-24(31-27)32(25(34)37-26(2,3)4)17-36-12-13-39(7,8)9;6-5-3-8-4(1-7)2-9-5;;;;;/h10-11,14-15,17-18,25H,12-13,16,19H2,1-4,6-9H3;9-10,13-14,16-17,24H,11-12,15,18H2,1-4,6-8H3,(H,39,40);10-11,14-15,22H,12-13,16-17H2,1-9H3;2-3H;1H4;;1H;;1H2/q;;;;;+1;;+1;/p-2/b23-15-;22-14-;18-14-;;;;;;/t25-,31+,32-;24-,30+,31-;22-,27+,28-;;;;;;/m000....../s1. The third-order valence-corrected chi connectivity index (χ3v) is 32.4. The van der Waals surface area contributed by atoms with Crippen LogP contribution in [0.25, 0.3) is 39.6 Å². The summed E-state index contributed by atoms with van der Waals surface area (Å²) in [7, 11) is -1.69. The first-order valence-corrected chi connectivity index (χ1v) is 61.8. The predicted molar refractivity (Wildman–Crippen MR) is 558 cm³/mol. The van der Waals surface area contributed by atoms with Gasteiger partial charge in [0.15, 0.2) is 32.9 Å². The van der Waals surface area contributed by atoms with Gasteiger partial charge >= 0.3 is 88.2 Å². The molecule has 6 heterocycles. The molecule has 3 fully saturated rings. The van der Waals surface area contributed by atoms with Crippen molar-refractivity contribution in [3.63, 3.8) is 0 Å². The minimum atomic E-state index is -1.45. The second kappa shape index (κ2) is 51.5. The molecule has 3 aliphatic carbocycles. The van der Waals surface area contributed by atoms with E-state index in [4.69, 9.17) is 71.3 Å². The number of carboxylic acid groups (broad SMARTS) is 1. The SMILES string of the molecule is C.COC(=O)[C@]12C[C@H]1[C@@](C)(c1cc(/C=C(/C)F)ccc1F)N=C(N(COCC[Si](C)(C)C)C(=O)OC(C)(C)C)S2.N#Cc1cnc(Br)cn1.[C-]#[N+]c1cnc(/C(F)=C/c2ccc(F)c([C@@]3(C)N=C(N(COCC[Si](C)(C)C)C(=O)OC(C)(C)C)S[C@@]4(C(=O)O)C[C@H]43)c2)cn1.[C-]#[N+]c1cnc(/C(F)=C/c2ccc(F)c([C@@]3(C)N=C(N(COCC[Si](C)(C)C)C(=O)OC(C)(C)C)S[C@@]4(C(=O)OC)C[C@H]43)c2)cn1.[Cu][I].[Li+].[OH-]. The zero-order valence-electron chi connectivity index (χ0n) is 84.5. The number of amidine groups is 3. The van der Waals surface area contributed by atoms with Gasteiger partial charge in [0, 0.05) is 78.5 Å². The van der Waals surface area contributed by atoms with Gasteiger partial charge in [0.2, 0.25) is 0 Å². The third-order valence-electron chi connectivity index (χ3n) is 22.5. The largest absolute Gasteiger partial charge is 1.00 e. The van der Waals surface area contributed by atoms with Crippen LogP contribution in [0.3, 0.4) is 0 Å². The molecule has 6 aliphatic rings. The number of carbonyl (C=O) groups is 6. The minimum absolute atomic E-state index is 0. The Hall–Kier alpha value is -8.73. The van der Waals surface area contributed by atoms with Crippen molar-refractivity contribution >= 4 is 189 Å². The van der Waals surface area contributed by atoms with E-state index >= 15 is 22.0 Å². The van der Waals surface area contributed by atoms with Gasteiger partial charge in [-0.05, 0) is 215 Å². The number of hydrogen-bond acceptors (Lipinski definition) is 28. The summed E-state index contributed by atoms with van der Waals surface area (Å²) in [4.78, 5) is 127. The summed E-state index contributed by atoms with van der Waals surface area (Å²) >= 11 is 12.1. The Labute approximate surface area is 894 Å². The van der Waals surface area contributed by atoms with E-state index in [0.29, 0.717) is 54.1 Å². The molecule has 3 aromatic heterocycles. The van der Waals surface area contributed by atoms with Crippen LogP contribution in [0.2, 0.25) is 77.1 Å². The first-order chi connectivity index (χ1) is 65.5. The molecule has 0 spiro atoms. The molecule has 31 nitrogen and oxygen atoms in total. The Morgan fingerprint density at radius 2 is 0.833 bits per heavy atom. The van der Waals surface area contributed by atoms with Crippen LogP contribution in [-0.2, 0) is 81.7 Å². The van der Waals surface area contributed by atoms with E-state index in [-0.39, 0.29) is 119 Å². The fourth-order valence-electron chi connectivity index (χ4n) is 14.9. The molecule has 144 heavy (non-hydrogen) atoms. The van der Waals surface area contributed by atoms with E-state index in [1.165, 1.54) is 115 Å². The number of methoxy groups -OCH3 is 2. The Morgan fingerprint density at radius 1 is 0.528 bits per heavy atom. The molecule has 780 valence electrons. The number of carboxylic acids is 1. The number of esters is 2. The molecule has 12 rings (SSSR count). The van der Waals surface area contributed by atoms with Gasteiger partial charge in [0.1, 0.15) is 103 Å². The summed E-state index contributed by atoms with van der Waals surface area (Å²) in [5.41, 5.74) is -4.98. The molecular formula is C97H123BrCuF6ILiN15O16S3Si3. The summed E-state index contributed by atoms with van der Waals surface area (Å²) in [6, 6.07) is 16.8. The van der Waals surface area contributed by atoms with Crippen LogP contribution in [0.4, 0.5) is 52.4 Å². The molecule has 47 heteroatoms. The van der Waals surface area contributed by atoms with E-state index in [1.807, 2.05) is 6.07 Å². The summed E-state index contributed by atoms with van der Waals surface area (Å²) < 4.78 is 133. The molecule has 0 unspecified atom stereocenters. The summed E-state index contributed by atoms with van der Waals surface area (Å²) in [6.45, 7) is 56.5. The maximum atomic E-state index is 15.7. The monoisotopic (exact) mass is 2320 g/mol. The number of aliphatic imine (C=N–C) groups is 3. The van der Waals surface area contributed by atoms with E-state index in [2.05, 4.69) is 127 Å². The maximum Gasteiger partial charge on any atom is 1.00 e. The number of nitrogens with zero attached hydrogens (tertiary/aromatic N) is 15. The molecule has 3 amide bonds. The molecular weight excluding hydrogens is 2200 g/mol. The fourth-order valence-corrected chi connectivity index (χ4v) is 22.0. The topological polar surface area (TPSA) is 383 Å². The molecule has 3 saturated carbocycles. The van der Waals surface area contributed by atoms with E-state index in [0.717, 1.165) is 84.3 Å². The Kier molecular flexibility index (Phi) is 44.9. The molecule has 3 aliphatic heterocycles. The average molecular weight is 2330 g/mol. The van der Waals surface area contributed by atoms with Crippen LogP contribution in [0.15, 0.2) is 117 Å². The van der Waals surface area contributed by atoms with Crippen LogP contribution in [0.5, 0.6) is 0 Å². The summed E-state index contributed by atoms with van der Waals surface area (Å²) in [5, 5.41) is 18.9. The number of nitriles is 1. The second-order valence-corrected chi connectivity index (χ2v) is 62.5. The first kappa shape index (κ1) is 126. The van der Waals surface area contributed by atoms with Crippen molar-refractivity contribution in [1.82, 2.24) is 44.6 Å². The quantitative estimate of drug-likeness (QED) is 0.00770. The number of allylic oxidation sites excluding steroid dienone is 1. The van der Waals surface area contributed by atoms with Crippen LogP contribution in [0, 0.1) is 59.7 Å². The van der Waals surface area contributed by atoms with Crippen molar-refractivity contribution in [3.05, 3.63) is 193 Å². The van der Waals surface area contributed by atoms with Gasteiger partial charge in [0.25, 0.3) is 11.6 Å². The van der Waals surface area contributed by atoms with E-state index in [1.54, 1.807) is 103 Å². The zero-order valence-corrected chi connectivity index (χ0v) is 94.6. The van der Waals surface area contributed by atoms with Crippen molar-refractivity contribution in [1.29, 1.82) is 5.26 Å². The van der Waals surface area contributed by atoms with Gasteiger partial charge in [-0.1, -0.05) is 133 Å². The number of benzene rings is 3. The van der Waals surface area contributed by atoms with Crippen molar-refractivity contribution in [2.45, 2.75) is 241 Å². The number of rotatable bonds is 26. The van der Waals surface area contributed by atoms with Crippen molar-refractivity contribution in [3.8, 4) is 6.07 Å². The molecule has 0 bridgehead atoms. The number of halogens is 8. The van der Waals surface area contributed by atoms with Crippen molar-refractivity contribution in [2.75, 3.05) is 54.2 Å². The smallest absolute Gasteiger partial charge is 0.870 e. The van der Waals surface area contributed by atoms with Gasteiger partial charge in [0.05, 0.1) is 61.5 Å². The van der Waals surface area contributed by atoms with Crippen LogP contribution >= 0.6 is 71.6 Å². The van der Waals surface area contributed by atoms with Crippen LogP contribution in [-0.4, -0.2) is 216 Å².